The zero-order valence-corrected chi connectivity index (χ0v) is 18.6. The SMILES string of the molecule is CC(=O)NC1CCN(C[C@]2(O)CCN(Cc3ccc(OCCOCCO)cc3)C2)CC1. The molecular formula is C23H37N3O5. The molecule has 3 rings (SSSR count). The molecule has 0 unspecified atom stereocenters. The average molecular weight is 436 g/mol. The monoisotopic (exact) mass is 435 g/mol. The first-order valence-corrected chi connectivity index (χ1v) is 11.3. The first-order chi connectivity index (χ1) is 15.0. The highest BCUT2D eigenvalue weighted by Gasteiger charge is 2.38. The lowest BCUT2D eigenvalue weighted by Crippen LogP contribution is -2.50. The van der Waals surface area contributed by atoms with Crippen molar-refractivity contribution in [3.8, 4) is 5.75 Å². The van der Waals surface area contributed by atoms with Crippen LogP contribution in [0.3, 0.4) is 0 Å². The van der Waals surface area contributed by atoms with E-state index in [2.05, 4.69) is 27.2 Å². The molecule has 0 radical (unpaired) electrons. The van der Waals surface area contributed by atoms with Crippen LogP contribution in [-0.2, 0) is 16.1 Å². The normalized spacial score (nSPS) is 23.2. The van der Waals surface area contributed by atoms with Gasteiger partial charge in [0.25, 0.3) is 0 Å². The summed E-state index contributed by atoms with van der Waals surface area (Å²) in [4.78, 5) is 15.9. The number of likely N-dealkylation sites (tertiary alicyclic amines) is 2. The first kappa shape index (κ1) is 23.9. The molecule has 2 saturated heterocycles. The Morgan fingerprint density at radius 2 is 1.87 bits per heavy atom. The van der Waals surface area contributed by atoms with Gasteiger partial charge in [-0.2, -0.15) is 0 Å². The first-order valence-electron chi connectivity index (χ1n) is 11.3. The molecule has 0 aromatic heterocycles. The molecule has 2 aliphatic rings. The zero-order valence-electron chi connectivity index (χ0n) is 18.6. The van der Waals surface area contributed by atoms with Crippen molar-refractivity contribution >= 4 is 5.91 Å². The van der Waals surface area contributed by atoms with E-state index >= 15 is 0 Å². The van der Waals surface area contributed by atoms with E-state index in [0.717, 1.165) is 51.2 Å². The van der Waals surface area contributed by atoms with E-state index in [-0.39, 0.29) is 18.6 Å². The minimum absolute atomic E-state index is 0.0252. The summed E-state index contributed by atoms with van der Waals surface area (Å²) < 4.78 is 10.8. The number of carbonyl (C=O) groups is 1. The summed E-state index contributed by atoms with van der Waals surface area (Å²) in [5.41, 5.74) is 0.530. The summed E-state index contributed by atoms with van der Waals surface area (Å²) in [7, 11) is 0. The van der Waals surface area contributed by atoms with E-state index in [4.69, 9.17) is 14.6 Å². The second-order valence-corrected chi connectivity index (χ2v) is 8.76. The second-order valence-electron chi connectivity index (χ2n) is 8.76. The van der Waals surface area contributed by atoms with Gasteiger partial charge in [-0.3, -0.25) is 9.69 Å². The largest absolute Gasteiger partial charge is 0.491 e. The second kappa shape index (κ2) is 11.8. The number of hydrogen-bond donors (Lipinski definition) is 3. The Balaban J connectivity index is 1.38. The number of nitrogens with one attached hydrogen (secondary N) is 1. The van der Waals surface area contributed by atoms with Crippen molar-refractivity contribution in [1.82, 2.24) is 15.1 Å². The van der Waals surface area contributed by atoms with Crippen molar-refractivity contribution in [2.24, 2.45) is 0 Å². The molecule has 174 valence electrons. The Kier molecular flexibility index (Phi) is 9.10. The van der Waals surface area contributed by atoms with Crippen LogP contribution < -0.4 is 10.1 Å². The number of β-amino-alcohol motifs (C(OH)–C–C–N with tert-alkyl or cyclic N) is 1. The molecule has 0 spiro atoms. The Labute approximate surface area is 185 Å². The number of aliphatic hydroxyl groups is 2. The Morgan fingerprint density at radius 3 is 2.55 bits per heavy atom. The number of benzene rings is 1. The van der Waals surface area contributed by atoms with Gasteiger partial charge in [0.2, 0.25) is 5.91 Å². The molecule has 1 amide bonds. The minimum Gasteiger partial charge on any atom is -0.491 e. The standard InChI is InChI=1S/C23H37N3O5/c1-19(28)24-21-6-9-25(10-7-21)17-23(29)8-11-26(18-23)16-20-2-4-22(5-3-20)31-15-14-30-13-12-27/h2-5,21,27,29H,6-18H2,1H3,(H,24,28)/t23-/m1/s1. The van der Waals surface area contributed by atoms with E-state index in [1.165, 1.54) is 5.56 Å². The third-order valence-electron chi connectivity index (χ3n) is 5.99. The molecule has 2 aliphatic heterocycles. The molecule has 3 N–H and O–H groups in total. The fraction of sp³-hybridized carbons (Fsp3) is 0.696. The summed E-state index contributed by atoms with van der Waals surface area (Å²) in [6.45, 7) is 7.75. The summed E-state index contributed by atoms with van der Waals surface area (Å²) >= 11 is 0. The van der Waals surface area contributed by atoms with E-state index in [9.17, 15) is 9.90 Å². The Morgan fingerprint density at radius 1 is 1.13 bits per heavy atom. The summed E-state index contributed by atoms with van der Waals surface area (Å²) in [6, 6.07) is 8.32. The van der Waals surface area contributed by atoms with Crippen LogP contribution in [-0.4, -0.2) is 96.7 Å². The molecule has 31 heavy (non-hydrogen) atoms. The van der Waals surface area contributed by atoms with Gasteiger partial charge >= 0.3 is 0 Å². The average Bonchev–Trinajstić information content (AvgIpc) is 3.10. The molecule has 8 heteroatoms. The van der Waals surface area contributed by atoms with Crippen LogP contribution in [0.1, 0.15) is 31.7 Å². The van der Waals surface area contributed by atoms with Gasteiger partial charge in [0.05, 0.1) is 25.4 Å². The molecule has 0 bridgehead atoms. The number of piperidine rings is 1. The molecule has 0 saturated carbocycles. The lowest BCUT2D eigenvalue weighted by molar-refractivity contribution is -0.120. The number of rotatable bonds is 11. The van der Waals surface area contributed by atoms with Gasteiger partial charge in [-0.25, -0.2) is 0 Å². The molecule has 2 heterocycles. The fourth-order valence-corrected chi connectivity index (χ4v) is 4.48. The number of amides is 1. The molecule has 8 nitrogen and oxygen atoms in total. The van der Waals surface area contributed by atoms with Gasteiger partial charge in [-0.05, 0) is 37.0 Å². The van der Waals surface area contributed by atoms with Gasteiger partial charge in [0.15, 0.2) is 0 Å². The Hall–Kier alpha value is -1.71. The summed E-state index contributed by atoms with van der Waals surface area (Å²) in [5.74, 6) is 0.840. The third kappa shape index (κ3) is 8.05. The van der Waals surface area contributed by atoms with Crippen LogP contribution >= 0.6 is 0 Å². The maximum Gasteiger partial charge on any atom is 0.217 e. The summed E-state index contributed by atoms with van der Waals surface area (Å²) in [6.07, 6.45) is 2.68. The quantitative estimate of drug-likeness (QED) is 0.439. The number of aliphatic hydroxyl groups excluding tert-OH is 1. The van der Waals surface area contributed by atoms with Crippen molar-refractivity contribution in [3.63, 3.8) is 0 Å². The van der Waals surface area contributed by atoms with Gasteiger partial charge in [-0.15, -0.1) is 0 Å². The number of carbonyl (C=O) groups excluding carboxylic acids is 1. The zero-order chi connectivity index (χ0) is 22.1. The van der Waals surface area contributed by atoms with Crippen molar-refractivity contribution < 1.29 is 24.5 Å². The van der Waals surface area contributed by atoms with Gasteiger partial charge < -0.3 is 29.9 Å². The minimum atomic E-state index is -0.668. The van der Waals surface area contributed by atoms with Crippen LogP contribution in [0.2, 0.25) is 0 Å². The maximum absolute atomic E-state index is 11.2. The number of hydrogen-bond acceptors (Lipinski definition) is 7. The predicted molar refractivity (Wildman–Crippen MR) is 118 cm³/mol. The molecule has 2 fully saturated rings. The lowest BCUT2D eigenvalue weighted by Gasteiger charge is -2.36. The Bertz CT molecular complexity index is 678. The van der Waals surface area contributed by atoms with Gasteiger partial charge in [0, 0.05) is 52.2 Å². The van der Waals surface area contributed by atoms with E-state index in [1.54, 1.807) is 6.92 Å². The predicted octanol–water partition coefficient (Wildman–Crippen LogP) is 0.612. The van der Waals surface area contributed by atoms with Crippen molar-refractivity contribution in [3.05, 3.63) is 29.8 Å². The van der Waals surface area contributed by atoms with Crippen molar-refractivity contribution in [2.45, 2.75) is 44.4 Å². The molecule has 0 aliphatic carbocycles. The number of nitrogens with zero attached hydrogens (tertiary/aromatic N) is 2. The highest BCUT2D eigenvalue weighted by Crippen LogP contribution is 2.26. The van der Waals surface area contributed by atoms with E-state index in [1.807, 2.05) is 12.1 Å². The van der Waals surface area contributed by atoms with Crippen LogP contribution in [0.4, 0.5) is 0 Å². The highest BCUT2D eigenvalue weighted by atomic mass is 16.5. The van der Waals surface area contributed by atoms with Gasteiger partial charge in [-0.1, -0.05) is 12.1 Å². The molecule has 1 atom stereocenters. The molecular weight excluding hydrogens is 398 g/mol. The maximum atomic E-state index is 11.2. The van der Waals surface area contributed by atoms with Crippen LogP contribution in [0, 0.1) is 0 Å². The van der Waals surface area contributed by atoms with Crippen LogP contribution in [0.15, 0.2) is 24.3 Å². The summed E-state index contributed by atoms with van der Waals surface area (Å²) in [5, 5.41) is 22.8. The smallest absolute Gasteiger partial charge is 0.217 e. The topological polar surface area (TPSA) is 94.5 Å². The van der Waals surface area contributed by atoms with Crippen LogP contribution in [0.5, 0.6) is 5.75 Å². The molecule has 1 aromatic carbocycles. The van der Waals surface area contributed by atoms with E-state index in [0.29, 0.717) is 32.9 Å². The van der Waals surface area contributed by atoms with Crippen LogP contribution in [0.25, 0.3) is 0 Å². The van der Waals surface area contributed by atoms with Gasteiger partial charge in [0.1, 0.15) is 12.4 Å². The fourth-order valence-electron chi connectivity index (χ4n) is 4.48. The highest BCUT2D eigenvalue weighted by molar-refractivity contribution is 5.73. The third-order valence-corrected chi connectivity index (χ3v) is 5.99. The van der Waals surface area contributed by atoms with Crippen molar-refractivity contribution in [1.29, 1.82) is 0 Å². The van der Waals surface area contributed by atoms with E-state index < -0.39 is 5.60 Å². The molecule has 1 aromatic rings. The van der Waals surface area contributed by atoms with Crippen molar-refractivity contribution in [2.75, 3.05) is 59.2 Å². The lowest BCUT2D eigenvalue weighted by atomic mass is 9.99. The number of ether oxygens (including phenoxy) is 2.